The predicted octanol–water partition coefficient (Wildman–Crippen LogP) is 4.69. The number of nitrogens with zero attached hydrogens (tertiary/aromatic N) is 1. The normalized spacial score (nSPS) is 19.0. The first-order chi connectivity index (χ1) is 11.1. The summed E-state index contributed by atoms with van der Waals surface area (Å²) in [4.78, 5) is 15.9. The maximum Gasteiger partial charge on any atom is 0.255 e. The summed E-state index contributed by atoms with van der Waals surface area (Å²) in [6.07, 6.45) is 4.11. The fraction of sp³-hybridized carbons (Fsp3) is 0.316. The Morgan fingerprint density at radius 2 is 2.09 bits per heavy atom. The highest BCUT2D eigenvalue weighted by molar-refractivity contribution is 7.11. The van der Waals surface area contributed by atoms with Gasteiger partial charge in [-0.1, -0.05) is 25.1 Å². The fourth-order valence-electron chi connectivity index (χ4n) is 2.94. The van der Waals surface area contributed by atoms with Gasteiger partial charge in [0.05, 0.1) is 5.57 Å². The van der Waals surface area contributed by atoms with Crippen molar-refractivity contribution < 1.29 is 9.18 Å². The van der Waals surface area contributed by atoms with Crippen LogP contribution in [0, 0.1) is 11.7 Å². The van der Waals surface area contributed by atoms with Crippen LogP contribution in [-0.2, 0) is 4.79 Å². The number of hydrogen-bond acceptors (Lipinski definition) is 2. The van der Waals surface area contributed by atoms with Gasteiger partial charge in [-0.05, 0) is 54.0 Å². The van der Waals surface area contributed by atoms with Gasteiger partial charge in [-0.25, -0.2) is 4.39 Å². The van der Waals surface area contributed by atoms with Crippen molar-refractivity contribution in [2.75, 3.05) is 13.1 Å². The Labute approximate surface area is 140 Å². The lowest BCUT2D eigenvalue weighted by Gasteiger charge is -2.31. The molecule has 23 heavy (non-hydrogen) atoms. The van der Waals surface area contributed by atoms with Crippen LogP contribution in [0.4, 0.5) is 4.39 Å². The van der Waals surface area contributed by atoms with E-state index in [0.29, 0.717) is 11.5 Å². The van der Waals surface area contributed by atoms with Crippen LogP contribution in [0.15, 0.2) is 41.8 Å². The van der Waals surface area contributed by atoms with E-state index in [-0.39, 0.29) is 11.7 Å². The Morgan fingerprint density at radius 1 is 1.30 bits per heavy atom. The lowest BCUT2D eigenvalue weighted by Crippen LogP contribution is -2.39. The molecule has 1 unspecified atom stereocenters. The van der Waals surface area contributed by atoms with Gasteiger partial charge in [0.25, 0.3) is 5.91 Å². The molecule has 2 aromatic rings. The topological polar surface area (TPSA) is 20.3 Å². The van der Waals surface area contributed by atoms with Crippen LogP contribution in [0.5, 0.6) is 0 Å². The van der Waals surface area contributed by atoms with Crippen molar-refractivity contribution in [1.82, 2.24) is 4.90 Å². The van der Waals surface area contributed by atoms with Crippen LogP contribution >= 0.6 is 11.3 Å². The largest absolute Gasteiger partial charge is 0.338 e. The van der Waals surface area contributed by atoms with Gasteiger partial charge in [-0.2, -0.15) is 0 Å². The van der Waals surface area contributed by atoms with Crippen LogP contribution in [0.3, 0.4) is 0 Å². The third kappa shape index (κ3) is 3.88. The zero-order valence-electron chi connectivity index (χ0n) is 13.2. The van der Waals surface area contributed by atoms with Gasteiger partial charge >= 0.3 is 0 Å². The lowest BCUT2D eigenvalue weighted by molar-refractivity contribution is -0.126. The molecule has 1 aliphatic rings. The summed E-state index contributed by atoms with van der Waals surface area (Å²) in [5.41, 5.74) is 1.54. The molecule has 2 heterocycles. The number of hydrogen-bond donors (Lipinski definition) is 0. The number of amides is 1. The number of halogens is 1. The fourth-order valence-corrected chi connectivity index (χ4v) is 3.67. The molecule has 1 fully saturated rings. The molecule has 0 radical (unpaired) electrons. The summed E-state index contributed by atoms with van der Waals surface area (Å²) < 4.78 is 13.1. The van der Waals surface area contributed by atoms with Crippen molar-refractivity contribution in [3.8, 4) is 0 Å². The van der Waals surface area contributed by atoms with Crippen LogP contribution < -0.4 is 0 Å². The second-order valence-corrected chi connectivity index (χ2v) is 7.03. The highest BCUT2D eigenvalue weighted by atomic mass is 32.1. The predicted molar refractivity (Wildman–Crippen MR) is 93.6 cm³/mol. The van der Waals surface area contributed by atoms with Gasteiger partial charge in [-0.3, -0.25) is 4.79 Å². The number of carbonyl (C=O) groups is 1. The smallest absolute Gasteiger partial charge is 0.255 e. The zero-order chi connectivity index (χ0) is 16.2. The van der Waals surface area contributed by atoms with Crippen molar-refractivity contribution in [3.63, 3.8) is 0 Å². The van der Waals surface area contributed by atoms with Gasteiger partial charge in [-0.15, -0.1) is 11.3 Å². The molecule has 1 aromatic carbocycles. The van der Waals surface area contributed by atoms with Crippen LogP contribution in [-0.4, -0.2) is 23.9 Å². The molecule has 0 bridgehead atoms. The second-order valence-electron chi connectivity index (χ2n) is 6.09. The standard InChI is InChI=1S/C19H20FNOS/c1-14-4-2-10-21(13-14)19(22)17(18-5-3-11-23-18)12-15-6-8-16(20)9-7-15/h3,5-9,11-12,14H,2,4,10,13H2,1H3/b17-12+. The van der Waals surface area contributed by atoms with E-state index in [4.69, 9.17) is 0 Å². The monoisotopic (exact) mass is 329 g/mol. The third-order valence-electron chi connectivity index (χ3n) is 4.14. The summed E-state index contributed by atoms with van der Waals surface area (Å²) in [5, 5.41) is 1.97. The minimum Gasteiger partial charge on any atom is -0.338 e. The van der Waals surface area contributed by atoms with Crippen molar-refractivity contribution >= 4 is 28.9 Å². The molecule has 2 nitrogen and oxygen atoms in total. The molecule has 120 valence electrons. The number of likely N-dealkylation sites (tertiary alicyclic amines) is 1. The van der Waals surface area contributed by atoms with Crippen LogP contribution in [0.25, 0.3) is 11.6 Å². The first-order valence-electron chi connectivity index (χ1n) is 7.94. The molecule has 0 aliphatic carbocycles. The summed E-state index contributed by atoms with van der Waals surface area (Å²) in [5.74, 6) is 0.349. The number of benzene rings is 1. The lowest BCUT2D eigenvalue weighted by atomic mass is 9.99. The minimum atomic E-state index is -0.268. The Hall–Kier alpha value is -1.94. The Morgan fingerprint density at radius 3 is 2.74 bits per heavy atom. The highest BCUT2D eigenvalue weighted by Gasteiger charge is 2.24. The van der Waals surface area contributed by atoms with Gasteiger partial charge in [0, 0.05) is 18.0 Å². The molecule has 1 amide bonds. The summed E-state index contributed by atoms with van der Waals surface area (Å²) >= 11 is 1.56. The molecule has 1 aromatic heterocycles. The van der Waals surface area contributed by atoms with E-state index < -0.39 is 0 Å². The summed E-state index contributed by atoms with van der Waals surface area (Å²) in [7, 11) is 0. The molecule has 1 saturated heterocycles. The average Bonchev–Trinajstić information content (AvgIpc) is 3.08. The van der Waals surface area contributed by atoms with E-state index in [1.807, 2.05) is 28.5 Å². The average molecular weight is 329 g/mol. The zero-order valence-corrected chi connectivity index (χ0v) is 14.0. The molecule has 0 N–H and O–H groups in total. The SMILES string of the molecule is CC1CCCN(C(=O)/C(=C/c2ccc(F)cc2)c2cccs2)C1. The van der Waals surface area contributed by atoms with Crippen LogP contribution in [0.2, 0.25) is 0 Å². The maximum atomic E-state index is 13.1. The number of rotatable bonds is 3. The third-order valence-corrected chi connectivity index (χ3v) is 5.05. The van der Waals surface area contributed by atoms with Crippen molar-refractivity contribution in [3.05, 3.63) is 58.0 Å². The molecule has 4 heteroatoms. The first-order valence-corrected chi connectivity index (χ1v) is 8.82. The van der Waals surface area contributed by atoms with E-state index in [1.165, 1.54) is 18.6 Å². The van der Waals surface area contributed by atoms with E-state index in [2.05, 4.69) is 6.92 Å². The van der Waals surface area contributed by atoms with E-state index >= 15 is 0 Å². The maximum absolute atomic E-state index is 13.1. The molecular formula is C19H20FNOS. The van der Waals surface area contributed by atoms with Gasteiger partial charge in [0.1, 0.15) is 5.82 Å². The Bertz CT molecular complexity index is 691. The van der Waals surface area contributed by atoms with Gasteiger partial charge < -0.3 is 4.90 Å². The van der Waals surface area contributed by atoms with Gasteiger partial charge in [0.2, 0.25) is 0 Å². The molecular weight excluding hydrogens is 309 g/mol. The van der Waals surface area contributed by atoms with E-state index in [0.717, 1.165) is 30.0 Å². The van der Waals surface area contributed by atoms with Crippen molar-refractivity contribution in [2.45, 2.75) is 19.8 Å². The number of piperidine rings is 1. The van der Waals surface area contributed by atoms with E-state index in [1.54, 1.807) is 23.5 Å². The molecule has 1 aliphatic heterocycles. The summed E-state index contributed by atoms with van der Waals surface area (Å²) in [6.45, 7) is 3.81. The molecule has 0 spiro atoms. The Kier molecular flexibility index (Phi) is 4.91. The molecule has 0 saturated carbocycles. The Balaban J connectivity index is 1.92. The van der Waals surface area contributed by atoms with Crippen molar-refractivity contribution in [1.29, 1.82) is 0 Å². The minimum absolute atomic E-state index is 0.0725. The van der Waals surface area contributed by atoms with E-state index in [9.17, 15) is 9.18 Å². The van der Waals surface area contributed by atoms with Gasteiger partial charge in [0.15, 0.2) is 0 Å². The highest BCUT2D eigenvalue weighted by Crippen LogP contribution is 2.27. The van der Waals surface area contributed by atoms with Crippen molar-refractivity contribution in [2.24, 2.45) is 5.92 Å². The number of carbonyl (C=O) groups excluding carboxylic acids is 1. The first kappa shape index (κ1) is 15.9. The second kappa shape index (κ2) is 7.09. The quantitative estimate of drug-likeness (QED) is 0.748. The molecule has 3 rings (SSSR count). The summed E-state index contributed by atoms with van der Waals surface area (Å²) in [6, 6.07) is 10.2. The number of thiophene rings is 1. The van der Waals surface area contributed by atoms with Crippen LogP contribution in [0.1, 0.15) is 30.2 Å². The molecule has 1 atom stereocenters.